The Morgan fingerprint density at radius 3 is 2.62 bits per heavy atom. The molecule has 0 aromatic heterocycles. The predicted molar refractivity (Wildman–Crippen MR) is 111 cm³/mol. The Morgan fingerprint density at radius 2 is 1.97 bits per heavy atom. The van der Waals surface area contributed by atoms with Crippen LogP contribution in [0.25, 0.3) is 0 Å². The Hall–Kier alpha value is -3.60. The third-order valence-electron chi connectivity index (χ3n) is 5.77. The van der Waals surface area contributed by atoms with E-state index in [0.717, 1.165) is 23.8 Å². The van der Waals surface area contributed by atoms with Crippen LogP contribution >= 0.6 is 0 Å². The molecule has 2 amide bonds. The highest BCUT2D eigenvalue weighted by Gasteiger charge is 2.39. The number of carbonyl (C=O) groups is 1. The molecule has 0 saturated heterocycles. The molecule has 1 heterocycles. The number of alkyl halides is 3. The van der Waals surface area contributed by atoms with E-state index in [1.54, 1.807) is 0 Å². The van der Waals surface area contributed by atoms with E-state index >= 15 is 0 Å². The summed E-state index contributed by atoms with van der Waals surface area (Å²) in [5.41, 5.74) is 1.74. The summed E-state index contributed by atoms with van der Waals surface area (Å²) in [6.07, 6.45) is -0.788. The number of nitrogens with one attached hydrogen (secondary N) is 1. The average Bonchev–Trinajstić information content (AvgIpc) is 2.77. The highest BCUT2D eigenvalue weighted by molar-refractivity contribution is 5.98. The molecule has 0 saturated carbocycles. The molecule has 164 valence electrons. The fraction of sp³-hybridized carbons (Fsp3) is 0.250. The first-order valence-corrected chi connectivity index (χ1v) is 10.1. The van der Waals surface area contributed by atoms with Crippen molar-refractivity contribution in [1.82, 2.24) is 5.32 Å². The van der Waals surface area contributed by atoms with Gasteiger partial charge in [0.2, 0.25) is 0 Å². The monoisotopic (exact) mass is 441 g/mol. The second kappa shape index (κ2) is 8.15. The van der Waals surface area contributed by atoms with Crippen molar-refractivity contribution in [3.8, 4) is 6.07 Å². The SMILES string of the molecule is CC=C1CCCC2=C1C(c1ccc(C#N)cc1F)NC(=O)N2c1cccc(C(F)(F)F)c1. The van der Waals surface area contributed by atoms with Crippen LogP contribution in [-0.2, 0) is 6.18 Å². The number of allylic oxidation sites excluding steroid dienone is 2. The Labute approximate surface area is 182 Å². The van der Waals surface area contributed by atoms with Crippen molar-refractivity contribution >= 4 is 11.7 Å². The van der Waals surface area contributed by atoms with Crippen LogP contribution in [0, 0.1) is 17.1 Å². The van der Waals surface area contributed by atoms with E-state index in [1.807, 2.05) is 19.1 Å². The number of nitriles is 1. The lowest BCUT2D eigenvalue weighted by atomic mass is 9.81. The number of benzene rings is 2. The van der Waals surface area contributed by atoms with Gasteiger partial charge in [0.05, 0.1) is 28.9 Å². The third-order valence-corrected chi connectivity index (χ3v) is 5.77. The number of halogens is 4. The van der Waals surface area contributed by atoms with E-state index in [-0.39, 0.29) is 16.8 Å². The second-order valence-corrected chi connectivity index (χ2v) is 7.64. The van der Waals surface area contributed by atoms with Gasteiger partial charge in [0.15, 0.2) is 0 Å². The van der Waals surface area contributed by atoms with Gasteiger partial charge in [-0.2, -0.15) is 18.4 Å². The lowest BCUT2D eigenvalue weighted by molar-refractivity contribution is -0.137. The van der Waals surface area contributed by atoms with Gasteiger partial charge in [-0.25, -0.2) is 9.18 Å². The summed E-state index contributed by atoms with van der Waals surface area (Å²) in [5.74, 6) is -0.630. The summed E-state index contributed by atoms with van der Waals surface area (Å²) in [5, 5.41) is 11.8. The number of rotatable bonds is 2. The normalized spacial score (nSPS) is 20.1. The number of nitrogens with zero attached hydrogens (tertiary/aromatic N) is 2. The van der Waals surface area contributed by atoms with Gasteiger partial charge in [-0.1, -0.05) is 18.2 Å². The van der Waals surface area contributed by atoms with E-state index in [4.69, 9.17) is 5.26 Å². The highest BCUT2D eigenvalue weighted by Crippen LogP contribution is 2.44. The molecule has 8 heteroatoms. The summed E-state index contributed by atoms with van der Waals surface area (Å²) < 4.78 is 54.7. The predicted octanol–water partition coefficient (Wildman–Crippen LogP) is 6.37. The summed E-state index contributed by atoms with van der Waals surface area (Å²) in [6, 6.07) is 9.09. The number of anilines is 1. The molecule has 0 radical (unpaired) electrons. The number of amides is 2. The maximum absolute atomic E-state index is 14.9. The fourth-order valence-corrected chi connectivity index (χ4v) is 4.33. The van der Waals surface area contributed by atoms with Crippen molar-refractivity contribution in [3.05, 3.63) is 87.9 Å². The molecule has 1 atom stereocenters. The van der Waals surface area contributed by atoms with Crippen molar-refractivity contribution in [2.24, 2.45) is 0 Å². The first kappa shape index (κ1) is 21.6. The molecule has 0 bridgehead atoms. The summed E-state index contributed by atoms with van der Waals surface area (Å²) in [6.45, 7) is 1.84. The van der Waals surface area contributed by atoms with Crippen molar-refractivity contribution in [3.63, 3.8) is 0 Å². The molecular weight excluding hydrogens is 422 g/mol. The largest absolute Gasteiger partial charge is 0.416 e. The maximum atomic E-state index is 14.9. The van der Waals surface area contributed by atoms with Crippen LogP contribution in [0.4, 0.5) is 28.0 Å². The minimum atomic E-state index is -4.55. The number of urea groups is 1. The maximum Gasteiger partial charge on any atom is 0.416 e. The molecule has 1 aliphatic carbocycles. The van der Waals surface area contributed by atoms with Gasteiger partial charge in [-0.15, -0.1) is 0 Å². The highest BCUT2D eigenvalue weighted by atomic mass is 19.4. The standard InChI is InChI=1S/C24H19F4N3O/c1-2-15-5-3-8-20-21(15)22(18-10-9-14(13-29)11-19(18)25)30-23(32)31(20)17-7-4-6-16(12-17)24(26,27)28/h2,4,6-7,9-12,22H,3,5,8H2,1H3,(H,30,32). The van der Waals surface area contributed by atoms with Crippen LogP contribution in [-0.4, -0.2) is 6.03 Å². The zero-order valence-electron chi connectivity index (χ0n) is 17.1. The van der Waals surface area contributed by atoms with Gasteiger partial charge in [0.1, 0.15) is 5.82 Å². The van der Waals surface area contributed by atoms with Crippen LogP contribution in [0.1, 0.15) is 48.9 Å². The zero-order chi connectivity index (χ0) is 23.0. The van der Waals surface area contributed by atoms with E-state index in [9.17, 15) is 22.4 Å². The third kappa shape index (κ3) is 3.75. The van der Waals surface area contributed by atoms with Gasteiger partial charge in [-0.3, -0.25) is 4.90 Å². The lowest BCUT2D eigenvalue weighted by Crippen LogP contribution is -2.48. The number of carbonyl (C=O) groups excluding carboxylic acids is 1. The molecule has 1 aliphatic heterocycles. The number of hydrogen-bond acceptors (Lipinski definition) is 2. The summed E-state index contributed by atoms with van der Waals surface area (Å²) >= 11 is 0. The molecule has 1 unspecified atom stereocenters. The van der Waals surface area contributed by atoms with Crippen LogP contribution in [0.15, 0.2) is 65.4 Å². The Morgan fingerprint density at radius 1 is 1.19 bits per heavy atom. The van der Waals surface area contributed by atoms with Gasteiger partial charge in [0.25, 0.3) is 0 Å². The molecule has 2 aromatic rings. The van der Waals surface area contributed by atoms with Crippen LogP contribution in [0.5, 0.6) is 0 Å². The van der Waals surface area contributed by atoms with Crippen LogP contribution in [0.3, 0.4) is 0 Å². The van der Waals surface area contributed by atoms with E-state index in [1.165, 1.54) is 29.2 Å². The van der Waals surface area contributed by atoms with Gasteiger partial charge < -0.3 is 5.32 Å². The molecule has 2 aliphatic rings. The number of hydrogen-bond donors (Lipinski definition) is 1. The van der Waals surface area contributed by atoms with Crippen molar-refractivity contribution in [2.45, 2.75) is 38.4 Å². The smallest absolute Gasteiger partial charge is 0.326 e. The fourth-order valence-electron chi connectivity index (χ4n) is 4.33. The summed E-state index contributed by atoms with van der Waals surface area (Å²) in [7, 11) is 0. The Kier molecular flexibility index (Phi) is 5.51. The minimum absolute atomic E-state index is 0.0981. The van der Waals surface area contributed by atoms with E-state index < -0.39 is 29.6 Å². The average molecular weight is 441 g/mol. The van der Waals surface area contributed by atoms with Gasteiger partial charge >= 0.3 is 12.2 Å². The molecule has 0 spiro atoms. The van der Waals surface area contributed by atoms with Crippen molar-refractivity contribution in [1.29, 1.82) is 5.26 Å². The molecule has 0 fully saturated rings. The first-order chi connectivity index (χ1) is 15.2. The first-order valence-electron chi connectivity index (χ1n) is 10.1. The lowest BCUT2D eigenvalue weighted by Gasteiger charge is -2.41. The molecule has 4 rings (SSSR count). The molecule has 4 nitrogen and oxygen atoms in total. The van der Waals surface area contributed by atoms with E-state index in [0.29, 0.717) is 30.5 Å². The van der Waals surface area contributed by atoms with Crippen molar-refractivity contribution < 1.29 is 22.4 Å². The minimum Gasteiger partial charge on any atom is -0.326 e. The van der Waals surface area contributed by atoms with Crippen LogP contribution in [0.2, 0.25) is 0 Å². The Balaban J connectivity index is 1.89. The second-order valence-electron chi connectivity index (χ2n) is 7.64. The van der Waals surface area contributed by atoms with E-state index in [2.05, 4.69) is 5.32 Å². The quantitative estimate of drug-likeness (QED) is 0.551. The van der Waals surface area contributed by atoms with Crippen LogP contribution < -0.4 is 10.2 Å². The molecular formula is C24H19F4N3O. The zero-order valence-corrected chi connectivity index (χ0v) is 17.1. The molecule has 2 aromatic carbocycles. The van der Waals surface area contributed by atoms with Gasteiger partial charge in [0, 0.05) is 16.8 Å². The molecule has 32 heavy (non-hydrogen) atoms. The summed E-state index contributed by atoms with van der Waals surface area (Å²) in [4.78, 5) is 14.4. The topological polar surface area (TPSA) is 56.1 Å². The van der Waals surface area contributed by atoms with Crippen molar-refractivity contribution in [2.75, 3.05) is 4.90 Å². The van der Waals surface area contributed by atoms with Gasteiger partial charge in [-0.05, 0) is 62.1 Å². The molecule has 1 N–H and O–H groups in total. The Bertz CT molecular complexity index is 1190.